The van der Waals surface area contributed by atoms with Crippen molar-refractivity contribution in [3.05, 3.63) is 145 Å². The van der Waals surface area contributed by atoms with E-state index in [0.717, 1.165) is 6.16 Å². The van der Waals surface area contributed by atoms with Gasteiger partial charge in [-0.3, -0.25) is 0 Å². The molecule has 42 heavy (non-hydrogen) atoms. The summed E-state index contributed by atoms with van der Waals surface area (Å²) in [7, 11) is -1.98. The lowest BCUT2D eigenvalue weighted by molar-refractivity contribution is 0.618. The van der Waals surface area contributed by atoms with E-state index in [1.54, 1.807) is 0 Å². The maximum absolute atomic E-state index is 13.8. The van der Waals surface area contributed by atoms with E-state index in [1.165, 1.54) is 48.8 Å². The molecule has 6 rings (SSSR count). The van der Waals surface area contributed by atoms with Gasteiger partial charge in [0.05, 0.1) is 15.7 Å². The quantitative estimate of drug-likeness (QED) is 0.140. The third kappa shape index (κ3) is 5.96. The van der Waals surface area contributed by atoms with E-state index >= 15 is 0 Å². The highest BCUT2D eigenvalue weighted by Gasteiger charge is 2.29. The van der Waals surface area contributed by atoms with Crippen LogP contribution < -0.4 is 15.3 Å². The molecule has 0 radical (unpaired) electrons. The van der Waals surface area contributed by atoms with E-state index < -0.39 is 23.7 Å². The maximum Gasteiger partial charge on any atom is 0.0976 e. The Morgan fingerprint density at radius 2 is 1.12 bits per heavy atom. The molecule has 0 spiro atoms. The Labute approximate surface area is 253 Å². The molecule has 1 N–H and O–H groups in total. The van der Waals surface area contributed by atoms with Crippen LogP contribution in [0.3, 0.4) is 0 Å². The fourth-order valence-electron chi connectivity index (χ4n) is 5.60. The number of hydrogen-bond donors (Lipinski definition) is 1. The highest BCUT2D eigenvalue weighted by molar-refractivity contribution is 7.84. The average Bonchev–Trinajstić information content (AvgIpc) is 3.02. The Hall–Kier alpha value is -3.62. The zero-order chi connectivity index (χ0) is 29.1. The molecule has 6 aromatic carbocycles. The van der Waals surface area contributed by atoms with Gasteiger partial charge < -0.3 is 0 Å². The fraction of sp³-hybridized carbons (Fsp3) is 0.158. The summed E-state index contributed by atoms with van der Waals surface area (Å²) in [6.07, 6.45) is 0.824. The van der Waals surface area contributed by atoms with Crippen LogP contribution in [0, 0.1) is 0 Å². The van der Waals surface area contributed by atoms with Crippen LogP contribution in [0.25, 0.3) is 32.7 Å². The molecule has 2 nitrogen and oxygen atoms in total. The predicted molar refractivity (Wildman–Crippen MR) is 185 cm³/mol. The Bertz CT molecular complexity index is 1750. The van der Waals surface area contributed by atoms with Crippen LogP contribution in [0.5, 0.6) is 0 Å². The molecule has 0 amide bonds. The molecule has 2 atom stereocenters. The molecule has 0 aliphatic rings. The minimum Gasteiger partial charge on any atom is -0.242 e. The first-order chi connectivity index (χ1) is 20.4. The summed E-state index contributed by atoms with van der Waals surface area (Å²) >= 11 is 0. The molecule has 0 saturated carbocycles. The van der Waals surface area contributed by atoms with E-state index in [2.05, 4.69) is 144 Å². The Balaban J connectivity index is 1.56. The van der Waals surface area contributed by atoms with Gasteiger partial charge in [-0.2, -0.15) is 0 Å². The summed E-state index contributed by atoms with van der Waals surface area (Å²) in [5.74, 6) is 0. The molecule has 210 valence electrons. The van der Waals surface area contributed by atoms with Crippen molar-refractivity contribution in [2.24, 2.45) is 0 Å². The summed E-state index contributed by atoms with van der Waals surface area (Å²) in [5, 5.41) is 7.54. The van der Waals surface area contributed by atoms with Crippen LogP contribution in [0.1, 0.15) is 32.4 Å². The molecule has 0 aromatic heterocycles. The van der Waals surface area contributed by atoms with E-state index in [9.17, 15) is 4.21 Å². The lowest BCUT2D eigenvalue weighted by atomic mass is 9.88. The molecule has 4 heteroatoms. The summed E-state index contributed by atoms with van der Waals surface area (Å²) in [6.45, 7) is 6.11. The number of rotatable bonds is 8. The largest absolute Gasteiger partial charge is 0.242 e. The van der Waals surface area contributed by atoms with Crippen LogP contribution >= 0.6 is 7.92 Å². The molecule has 0 aliphatic carbocycles. The van der Waals surface area contributed by atoms with Crippen molar-refractivity contribution >= 4 is 51.1 Å². The maximum atomic E-state index is 13.8. The van der Waals surface area contributed by atoms with E-state index in [0.29, 0.717) is 0 Å². The van der Waals surface area contributed by atoms with Gasteiger partial charge in [-0.25, -0.2) is 8.93 Å². The van der Waals surface area contributed by atoms with Crippen LogP contribution in [-0.4, -0.2) is 15.1 Å². The molecular formula is C38H36NOPS. The van der Waals surface area contributed by atoms with Gasteiger partial charge in [0.1, 0.15) is 0 Å². The molecule has 0 fully saturated rings. The van der Waals surface area contributed by atoms with Crippen molar-refractivity contribution in [1.82, 2.24) is 4.72 Å². The predicted octanol–water partition coefficient (Wildman–Crippen LogP) is 8.89. The van der Waals surface area contributed by atoms with Gasteiger partial charge in [-0.05, 0) is 89.8 Å². The first-order valence-electron chi connectivity index (χ1n) is 14.5. The number of hydrogen-bond acceptors (Lipinski definition) is 1. The second kappa shape index (κ2) is 12.3. The number of benzene rings is 6. The number of nitrogens with one attached hydrogen (secondary N) is 1. The Kier molecular flexibility index (Phi) is 8.36. The zero-order valence-corrected chi connectivity index (χ0v) is 26.0. The average molecular weight is 586 g/mol. The van der Waals surface area contributed by atoms with Crippen molar-refractivity contribution in [3.63, 3.8) is 0 Å². The van der Waals surface area contributed by atoms with Crippen molar-refractivity contribution in [1.29, 1.82) is 0 Å². The normalized spacial score (nSPS) is 13.4. The van der Waals surface area contributed by atoms with Crippen molar-refractivity contribution < 1.29 is 4.21 Å². The monoisotopic (exact) mass is 585 g/mol. The topological polar surface area (TPSA) is 29.1 Å². The first-order valence-corrected chi connectivity index (χ1v) is 17.1. The van der Waals surface area contributed by atoms with E-state index in [1.807, 2.05) is 20.8 Å². The van der Waals surface area contributed by atoms with Gasteiger partial charge in [0.25, 0.3) is 0 Å². The van der Waals surface area contributed by atoms with Crippen LogP contribution in [0.2, 0.25) is 0 Å². The third-order valence-corrected chi connectivity index (χ3v) is 11.9. The summed E-state index contributed by atoms with van der Waals surface area (Å²) in [5.41, 5.74) is 3.59. The molecular weight excluding hydrogens is 549 g/mol. The lowest BCUT2D eigenvalue weighted by Gasteiger charge is -2.30. The van der Waals surface area contributed by atoms with Gasteiger partial charge >= 0.3 is 0 Å². The van der Waals surface area contributed by atoms with Crippen molar-refractivity contribution in [3.8, 4) is 11.1 Å². The summed E-state index contributed by atoms with van der Waals surface area (Å²) in [4.78, 5) is 0. The van der Waals surface area contributed by atoms with Gasteiger partial charge in [0.2, 0.25) is 0 Å². The van der Waals surface area contributed by atoms with E-state index in [-0.39, 0.29) is 6.04 Å². The number of fused-ring (bicyclic) bond motifs is 2. The first kappa shape index (κ1) is 28.5. The van der Waals surface area contributed by atoms with Crippen LogP contribution in [0.15, 0.2) is 140 Å². The minimum atomic E-state index is -1.26. The van der Waals surface area contributed by atoms with Gasteiger partial charge in [0, 0.05) is 6.04 Å². The van der Waals surface area contributed by atoms with Gasteiger partial charge in [-0.15, -0.1) is 0 Å². The van der Waals surface area contributed by atoms with Crippen LogP contribution in [-0.2, 0) is 11.0 Å². The highest BCUT2D eigenvalue weighted by atomic mass is 32.2. The standard InChI is InChI=1S/C38H36NOPS/c1-38(2,3)42(40)39-36(27-41(30-18-6-4-7-19-30)31-20-8-5-9-21-31)34-24-14-15-25-35(34)37-32-22-12-10-16-28(32)26-29-17-11-13-23-33(29)37/h4-26,36,39H,27H2,1-3H3/t36?,42-/m1/s1. The van der Waals surface area contributed by atoms with Crippen LogP contribution in [0.4, 0.5) is 0 Å². The Morgan fingerprint density at radius 1 is 0.643 bits per heavy atom. The second-order valence-corrected chi connectivity index (χ2v) is 15.9. The van der Waals surface area contributed by atoms with Crippen molar-refractivity contribution in [2.45, 2.75) is 31.6 Å². The van der Waals surface area contributed by atoms with Gasteiger partial charge in [0.15, 0.2) is 0 Å². The molecule has 0 bridgehead atoms. The zero-order valence-electron chi connectivity index (χ0n) is 24.3. The minimum absolute atomic E-state index is 0.134. The highest BCUT2D eigenvalue weighted by Crippen LogP contribution is 2.43. The molecule has 0 saturated heterocycles. The van der Waals surface area contributed by atoms with Gasteiger partial charge in [-0.1, -0.05) is 133 Å². The summed E-state index contributed by atoms with van der Waals surface area (Å²) < 4.78 is 17.0. The lowest BCUT2D eigenvalue weighted by Crippen LogP contribution is -2.37. The third-order valence-electron chi connectivity index (χ3n) is 7.68. The smallest absolute Gasteiger partial charge is 0.0976 e. The van der Waals surface area contributed by atoms with E-state index in [4.69, 9.17) is 0 Å². The molecule has 0 aliphatic heterocycles. The summed E-state index contributed by atoms with van der Waals surface area (Å²) in [6, 6.07) is 49.8. The Morgan fingerprint density at radius 3 is 1.67 bits per heavy atom. The molecule has 6 aromatic rings. The SMILES string of the molecule is CC(C)(C)[S@@](=O)NC(CP(c1ccccc1)c1ccccc1)c1ccccc1-c1c2ccccc2cc2ccccc12. The fourth-order valence-corrected chi connectivity index (χ4v) is 8.98. The second-order valence-electron chi connectivity index (χ2n) is 11.6. The van der Waals surface area contributed by atoms with Crippen molar-refractivity contribution in [2.75, 3.05) is 6.16 Å². The molecule has 1 unspecified atom stereocenters. The molecule has 0 heterocycles.